The molecule has 0 aliphatic carbocycles. The zero-order valence-corrected chi connectivity index (χ0v) is 10.1. The van der Waals surface area contributed by atoms with Crippen molar-refractivity contribution in [3.05, 3.63) is 0 Å². The molecular weight excluding hydrogens is 226 g/mol. The first-order valence-corrected chi connectivity index (χ1v) is 5.45. The van der Waals surface area contributed by atoms with E-state index in [0.717, 1.165) is 4.90 Å². The molecule has 0 radical (unpaired) electrons. The van der Waals surface area contributed by atoms with E-state index in [0.29, 0.717) is 13.1 Å². The van der Waals surface area contributed by atoms with Gasteiger partial charge in [-0.05, 0) is 6.54 Å². The SMILES string of the molecule is CCN(CCN1C(=O)CNC1=O)CC(=O)OC. The summed E-state index contributed by atoms with van der Waals surface area (Å²) in [6.07, 6.45) is 0. The maximum Gasteiger partial charge on any atom is 0.324 e. The smallest absolute Gasteiger partial charge is 0.324 e. The minimum absolute atomic E-state index is 0.0575. The number of nitrogens with one attached hydrogen (secondary N) is 1. The van der Waals surface area contributed by atoms with E-state index in [1.165, 1.54) is 7.11 Å². The van der Waals surface area contributed by atoms with Crippen LogP contribution >= 0.6 is 0 Å². The van der Waals surface area contributed by atoms with Gasteiger partial charge in [0.2, 0.25) is 5.91 Å². The summed E-state index contributed by atoms with van der Waals surface area (Å²) in [6, 6.07) is -0.371. The van der Waals surface area contributed by atoms with Crippen molar-refractivity contribution in [3.63, 3.8) is 0 Å². The fourth-order valence-corrected chi connectivity index (χ4v) is 1.52. The first kappa shape index (κ1) is 13.4. The highest BCUT2D eigenvalue weighted by atomic mass is 16.5. The average molecular weight is 243 g/mol. The predicted molar refractivity (Wildman–Crippen MR) is 59.2 cm³/mol. The molecule has 17 heavy (non-hydrogen) atoms. The molecule has 1 fully saturated rings. The Morgan fingerprint density at radius 1 is 1.53 bits per heavy atom. The second-order valence-corrected chi connectivity index (χ2v) is 3.65. The van der Waals surface area contributed by atoms with Crippen LogP contribution in [0, 0.1) is 0 Å². The second-order valence-electron chi connectivity index (χ2n) is 3.65. The summed E-state index contributed by atoms with van der Waals surface area (Å²) in [4.78, 5) is 36.6. The van der Waals surface area contributed by atoms with Crippen LogP contribution in [0.1, 0.15) is 6.92 Å². The molecular formula is C10H17N3O4. The van der Waals surface area contributed by atoms with Gasteiger partial charge in [0, 0.05) is 13.1 Å². The molecule has 1 aliphatic heterocycles. The van der Waals surface area contributed by atoms with Crippen molar-refractivity contribution in [2.75, 3.05) is 39.8 Å². The van der Waals surface area contributed by atoms with Gasteiger partial charge in [0.05, 0.1) is 20.2 Å². The minimum Gasteiger partial charge on any atom is -0.468 e. The largest absolute Gasteiger partial charge is 0.468 e. The van der Waals surface area contributed by atoms with Gasteiger partial charge in [-0.15, -0.1) is 0 Å². The normalized spacial score (nSPS) is 15.4. The monoisotopic (exact) mass is 243 g/mol. The van der Waals surface area contributed by atoms with Crippen LogP contribution in [0.2, 0.25) is 0 Å². The number of hydrogen-bond acceptors (Lipinski definition) is 5. The van der Waals surface area contributed by atoms with E-state index in [4.69, 9.17) is 0 Å². The van der Waals surface area contributed by atoms with Crippen molar-refractivity contribution in [1.82, 2.24) is 15.1 Å². The zero-order chi connectivity index (χ0) is 12.8. The van der Waals surface area contributed by atoms with E-state index in [1.54, 1.807) is 0 Å². The predicted octanol–water partition coefficient (Wildman–Crippen LogP) is -0.967. The summed E-state index contributed by atoms with van der Waals surface area (Å²) in [7, 11) is 1.33. The number of urea groups is 1. The Morgan fingerprint density at radius 2 is 2.24 bits per heavy atom. The fourth-order valence-electron chi connectivity index (χ4n) is 1.52. The van der Waals surface area contributed by atoms with Gasteiger partial charge in [0.15, 0.2) is 0 Å². The van der Waals surface area contributed by atoms with Crippen molar-refractivity contribution in [3.8, 4) is 0 Å². The molecule has 3 amide bonds. The average Bonchev–Trinajstić information content (AvgIpc) is 2.64. The van der Waals surface area contributed by atoms with Gasteiger partial charge in [-0.3, -0.25) is 19.4 Å². The third-order valence-corrected chi connectivity index (χ3v) is 2.60. The number of hydrogen-bond donors (Lipinski definition) is 1. The molecule has 0 aromatic heterocycles. The van der Waals surface area contributed by atoms with Crippen molar-refractivity contribution in [2.45, 2.75) is 6.92 Å². The number of rotatable bonds is 6. The molecule has 0 aromatic carbocycles. The first-order chi connectivity index (χ1) is 8.08. The van der Waals surface area contributed by atoms with Crippen LogP contribution in [0.4, 0.5) is 4.79 Å². The lowest BCUT2D eigenvalue weighted by atomic mass is 10.4. The Kier molecular flexibility index (Phi) is 4.89. The van der Waals surface area contributed by atoms with Gasteiger partial charge < -0.3 is 10.1 Å². The molecule has 1 aliphatic rings. The van der Waals surface area contributed by atoms with Crippen molar-refractivity contribution in [2.24, 2.45) is 0 Å². The summed E-state index contributed by atoms with van der Waals surface area (Å²) in [6.45, 7) is 3.52. The molecule has 0 spiro atoms. The third kappa shape index (κ3) is 3.70. The Bertz CT molecular complexity index is 303. The summed E-state index contributed by atoms with van der Waals surface area (Å²) in [5.41, 5.74) is 0. The molecule has 0 saturated carbocycles. The zero-order valence-electron chi connectivity index (χ0n) is 10.1. The topological polar surface area (TPSA) is 79.0 Å². The van der Waals surface area contributed by atoms with Gasteiger partial charge >= 0.3 is 12.0 Å². The number of imide groups is 1. The van der Waals surface area contributed by atoms with E-state index in [1.807, 2.05) is 11.8 Å². The van der Waals surface area contributed by atoms with Crippen LogP contribution in [-0.2, 0) is 14.3 Å². The van der Waals surface area contributed by atoms with Gasteiger partial charge in [-0.1, -0.05) is 6.92 Å². The number of amides is 3. The van der Waals surface area contributed by atoms with Crippen LogP contribution < -0.4 is 5.32 Å². The standard InChI is InChI=1S/C10H17N3O4/c1-3-12(7-9(15)17-2)4-5-13-8(14)6-11-10(13)16/h3-7H2,1-2H3,(H,11,16). The lowest BCUT2D eigenvalue weighted by Gasteiger charge is -2.21. The molecule has 0 bridgehead atoms. The minimum atomic E-state index is -0.371. The van der Waals surface area contributed by atoms with Crippen LogP contribution in [-0.4, -0.2) is 67.5 Å². The van der Waals surface area contributed by atoms with E-state index in [-0.39, 0.29) is 37.5 Å². The van der Waals surface area contributed by atoms with E-state index < -0.39 is 0 Å². The molecule has 7 heteroatoms. The van der Waals surface area contributed by atoms with Crippen LogP contribution in [0.5, 0.6) is 0 Å². The quantitative estimate of drug-likeness (QED) is 0.480. The Morgan fingerprint density at radius 3 is 2.71 bits per heavy atom. The summed E-state index contributed by atoms with van der Waals surface area (Å²) < 4.78 is 4.56. The van der Waals surface area contributed by atoms with E-state index >= 15 is 0 Å². The van der Waals surface area contributed by atoms with Crippen molar-refractivity contribution in [1.29, 1.82) is 0 Å². The summed E-state index contributed by atoms with van der Waals surface area (Å²) in [5, 5.41) is 2.44. The highest BCUT2D eigenvalue weighted by Gasteiger charge is 2.28. The summed E-state index contributed by atoms with van der Waals surface area (Å²) >= 11 is 0. The lowest BCUT2D eigenvalue weighted by molar-refractivity contribution is -0.141. The number of ether oxygens (including phenoxy) is 1. The lowest BCUT2D eigenvalue weighted by Crippen LogP contribution is -2.40. The number of esters is 1. The van der Waals surface area contributed by atoms with Gasteiger partial charge in [0.1, 0.15) is 0 Å². The van der Waals surface area contributed by atoms with Crippen molar-refractivity contribution >= 4 is 17.9 Å². The van der Waals surface area contributed by atoms with Gasteiger partial charge in [-0.2, -0.15) is 0 Å². The maximum atomic E-state index is 11.3. The number of nitrogens with zero attached hydrogens (tertiary/aromatic N) is 2. The maximum absolute atomic E-state index is 11.3. The molecule has 0 atom stereocenters. The Balaban J connectivity index is 2.39. The Hall–Kier alpha value is -1.63. The molecule has 1 saturated heterocycles. The van der Waals surface area contributed by atoms with E-state index in [2.05, 4.69) is 10.1 Å². The van der Waals surface area contributed by atoms with Crippen LogP contribution in [0.15, 0.2) is 0 Å². The number of methoxy groups -OCH3 is 1. The van der Waals surface area contributed by atoms with Crippen LogP contribution in [0.3, 0.4) is 0 Å². The molecule has 7 nitrogen and oxygen atoms in total. The van der Waals surface area contributed by atoms with Crippen molar-refractivity contribution < 1.29 is 19.1 Å². The Labute approximate surface area is 99.7 Å². The highest BCUT2D eigenvalue weighted by molar-refractivity contribution is 6.01. The number of carbonyl (C=O) groups is 3. The van der Waals surface area contributed by atoms with Gasteiger partial charge in [0.25, 0.3) is 0 Å². The number of likely N-dealkylation sites (N-methyl/N-ethyl adjacent to an activating group) is 1. The van der Waals surface area contributed by atoms with Gasteiger partial charge in [-0.25, -0.2) is 4.79 Å². The highest BCUT2D eigenvalue weighted by Crippen LogP contribution is 1.99. The third-order valence-electron chi connectivity index (χ3n) is 2.60. The molecule has 0 aromatic rings. The molecule has 1 rings (SSSR count). The first-order valence-electron chi connectivity index (χ1n) is 5.45. The van der Waals surface area contributed by atoms with Crippen LogP contribution in [0.25, 0.3) is 0 Å². The second kappa shape index (κ2) is 6.19. The molecule has 0 unspecified atom stereocenters. The molecule has 96 valence electrons. The fraction of sp³-hybridized carbons (Fsp3) is 0.700. The molecule has 1 heterocycles. The summed E-state index contributed by atoms with van der Waals surface area (Å²) in [5.74, 6) is -0.562. The van der Waals surface area contributed by atoms with E-state index in [9.17, 15) is 14.4 Å². The number of carbonyl (C=O) groups excluding carboxylic acids is 3. The molecule has 1 N–H and O–H groups in total.